The fourth-order valence-corrected chi connectivity index (χ4v) is 4.93. The molecular formula is C25H22N4O2S. The number of hydrogen-bond acceptors (Lipinski definition) is 5. The van der Waals surface area contributed by atoms with Crippen LogP contribution in [0.3, 0.4) is 0 Å². The van der Waals surface area contributed by atoms with Gasteiger partial charge >= 0.3 is 0 Å². The van der Waals surface area contributed by atoms with E-state index in [9.17, 15) is 4.79 Å². The summed E-state index contributed by atoms with van der Waals surface area (Å²) in [6, 6.07) is 21.6. The molecule has 0 amide bonds. The summed E-state index contributed by atoms with van der Waals surface area (Å²) in [5.74, 6) is 2.04. The number of ether oxygens (including phenoxy) is 1. The maximum Gasteiger partial charge on any atom is 0.267 e. The van der Waals surface area contributed by atoms with Crippen LogP contribution in [-0.4, -0.2) is 26.3 Å². The highest BCUT2D eigenvalue weighted by atomic mass is 32.2. The molecule has 0 aliphatic carbocycles. The van der Waals surface area contributed by atoms with Gasteiger partial charge in [0.15, 0.2) is 5.16 Å². The largest absolute Gasteiger partial charge is 0.497 e. The Bertz CT molecular complexity index is 1500. The molecule has 0 saturated carbocycles. The van der Waals surface area contributed by atoms with E-state index in [1.165, 1.54) is 0 Å². The quantitative estimate of drug-likeness (QED) is 0.360. The Morgan fingerprint density at radius 3 is 2.47 bits per heavy atom. The highest BCUT2D eigenvalue weighted by molar-refractivity contribution is 7.98. The van der Waals surface area contributed by atoms with Crippen LogP contribution >= 0.6 is 11.8 Å². The van der Waals surface area contributed by atoms with Crippen LogP contribution in [0.25, 0.3) is 22.4 Å². The summed E-state index contributed by atoms with van der Waals surface area (Å²) in [6.45, 7) is 4.02. The van der Waals surface area contributed by atoms with Crippen molar-refractivity contribution in [3.8, 4) is 11.4 Å². The number of nitrogens with zero attached hydrogens (tertiary/aromatic N) is 4. The average Bonchev–Trinajstić information content (AvgIpc) is 3.23. The molecule has 0 unspecified atom stereocenters. The van der Waals surface area contributed by atoms with Gasteiger partial charge in [0.25, 0.3) is 5.56 Å². The summed E-state index contributed by atoms with van der Waals surface area (Å²) < 4.78 is 9.01. The summed E-state index contributed by atoms with van der Waals surface area (Å²) in [4.78, 5) is 13.6. The first-order chi connectivity index (χ1) is 15.6. The van der Waals surface area contributed by atoms with Crippen LogP contribution in [0.1, 0.15) is 16.7 Å². The van der Waals surface area contributed by atoms with Gasteiger partial charge in [0.05, 0.1) is 23.7 Å². The van der Waals surface area contributed by atoms with Crippen molar-refractivity contribution in [2.75, 3.05) is 7.11 Å². The van der Waals surface area contributed by atoms with E-state index in [1.54, 1.807) is 23.4 Å². The second-order valence-electron chi connectivity index (χ2n) is 7.66. The summed E-state index contributed by atoms with van der Waals surface area (Å²) in [6.07, 6.45) is 0. The van der Waals surface area contributed by atoms with Crippen LogP contribution in [0, 0.1) is 13.8 Å². The maximum atomic E-state index is 13.6. The first kappa shape index (κ1) is 20.3. The minimum Gasteiger partial charge on any atom is -0.497 e. The predicted octanol–water partition coefficient (Wildman–Crippen LogP) is 4.95. The van der Waals surface area contributed by atoms with Crippen LogP contribution in [-0.2, 0) is 5.75 Å². The van der Waals surface area contributed by atoms with Gasteiger partial charge in [-0.05, 0) is 54.8 Å². The molecule has 0 bridgehead atoms. The average molecular weight is 443 g/mol. The molecule has 0 fully saturated rings. The zero-order valence-electron chi connectivity index (χ0n) is 18.1. The van der Waals surface area contributed by atoms with Gasteiger partial charge in [-0.2, -0.15) is 0 Å². The van der Waals surface area contributed by atoms with Gasteiger partial charge < -0.3 is 4.74 Å². The lowest BCUT2D eigenvalue weighted by molar-refractivity contribution is 0.414. The smallest absolute Gasteiger partial charge is 0.267 e. The Kier molecular flexibility index (Phi) is 5.19. The van der Waals surface area contributed by atoms with Crippen LogP contribution in [0.4, 0.5) is 0 Å². The maximum absolute atomic E-state index is 13.6. The molecule has 2 heterocycles. The van der Waals surface area contributed by atoms with E-state index in [1.807, 2.05) is 78.9 Å². The standard InChI is InChI=1S/C25H22N4O2S/c1-16-8-6-9-17(2)22(16)29-23(30)20-12-4-5-13-21(20)28-24(29)26-27-25(28)32-15-18-10-7-11-19(14-18)31-3/h4-14H,15H2,1-3H3. The van der Waals surface area contributed by atoms with E-state index in [0.29, 0.717) is 16.9 Å². The summed E-state index contributed by atoms with van der Waals surface area (Å²) >= 11 is 1.58. The van der Waals surface area contributed by atoms with E-state index in [0.717, 1.165) is 38.8 Å². The van der Waals surface area contributed by atoms with Gasteiger partial charge in [0.1, 0.15) is 5.75 Å². The van der Waals surface area contributed by atoms with Crippen molar-refractivity contribution in [2.45, 2.75) is 24.8 Å². The summed E-state index contributed by atoms with van der Waals surface area (Å²) in [5.41, 5.74) is 4.70. The molecule has 160 valence electrons. The molecule has 3 aromatic carbocycles. The molecule has 5 aromatic rings. The number of fused-ring (bicyclic) bond motifs is 3. The number of aromatic nitrogens is 4. The fraction of sp³-hybridized carbons (Fsp3) is 0.160. The lowest BCUT2D eigenvalue weighted by atomic mass is 10.1. The molecule has 0 radical (unpaired) electrons. The van der Waals surface area contributed by atoms with E-state index in [-0.39, 0.29) is 5.56 Å². The van der Waals surface area contributed by atoms with Crippen molar-refractivity contribution >= 4 is 28.4 Å². The number of benzene rings is 3. The molecular weight excluding hydrogens is 420 g/mol. The SMILES string of the molecule is COc1cccc(CSc2nnc3n(-c4c(C)cccc4C)c(=O)c4ccccc4n23)c1. The summed E-state index contributed by atoms with van der Waals surface area (Å²) in [7, 11) is 1.66. The number of para-hydroxylation sites is 2. The molecule has 6 nitrogen and oxygen atoms in total. The van der Waals surface area contributed by atoms with E-state index >= 15 is 0 Å². The number of aryl methyl sites for hydroxylation is 2. The Labute approximate surface area is 189 Å². The Balaban J connectivity index is 1.72. The Hall–Kier alpha value is -3.58. The third-order valence-corrected chi connectivity index (χ3v) is 6.56. The van der Waals surface area contributed by atoms with Gasteiger partial charge in [-0.1, -0.05) is 54.2 Å². The summed E-state index contributed by atoms with van der Waals surface area (Å²) in [5, 5.41) is 10.3. The van der Waals surface area contributed by atoms with Crippen LogP contribution < -0.4 is 10.3 Å². The topological polar surface area (TPSA) is 61.4 Å². The number of rotatable bonds is 5. The highest BCUT2D eigenvalue weighted by Gasteiger charge is 2.19. The molecule has 7 heteroatoms. The molecule has 32 heavy (non-hydrogen) atoms. The first-order valence-electron chi connectivity index (χ1n) is 10.3. The molecule has 0 N–H and O–H groups in total. The number of hydrogen-bond donors (Lipinski definition) is 0. The minimum atomic E-state index is -0.0951. The number of methoxy groups -OCH3 is 1. The van der Waals surface area contributed by atoms with Gasteiger partial charge in [-0.3, -0.25) is 9.20 Å². The van der Waals surface area contributed by atoms with Crippen molar-refractivity contribution in [1.82, 2.24) is 19.2 Å². The van der Waals surface area contributed by atoms with E-state index in [2.05, 4.69) is 16.3 Å². The normalized spacial score (nSPS) is 11.3. The van der Waals surface area contributed by atoms with Gasteiger partial charge in [0, 0.05) is 5.75 Å². The number of thioether (sulfide) groups is 1. The predicted molar refractivity (Wildman–Crippen MR) is 128 cm³/mol. The van der Waals surface area contributed by atoms with Crippen molar-refractivity contribution in [2.24, 2.45) is 0 Å². The second-order valence-corrected chi connectivity index (χ2v) is 8.60. The first-order valence-corrected chi connectivity index (χ1v) is 11.3. The third-order valence-electron chi connectivity index (χ3n) is 5.56. The second kappa shape index (κ2) is 8.16. The Morgan fingerprint density at radius 1 is 0.938 bits per heavy atom. The van der Waals surface area contributed by atoms with Crippen molar-refractivity contribution < 1.29 is 4.74 Å². The lowest BCUT2D eigenvalue weighted by Gasteiger charge is -2.15. The molecule has 0 aliphatic rings. The van der Waals surface area contributed by atoms with Crippen molar-refractivity contribution in [3.05, 3.63) is 93.8 Å². The van der Waals surface area contributed by atoms with Crippen molar-refractivity contribution in [3.63, 3.8) is 0 Å². The van der Waals surface area contributed by atoms with Crippen LogP contribution in [0.15, 0.2) is 76.7 Å². The molecule has 0 spiro atoms. The Morgan fingerprint density at radius 2 is 1.69 bits per heavy atom. The third kappa shape index (κ3) is 3.35. The van der Waals surface area contributed by atoms with Crippen LogP contribution in [0.2, 0.25) is 0 Å². The molecule has 0 saturated heterocycles. The van der Waals surface area contributed by atoms with Crippen LogP contribution in [0.5, 0.6) is 5.75 Å². The molecule has 5 rings (SSSR count). The zero-order chi connectivity index (χ0) is 22.2. The van der Waals surface area contributed by atoms with Gasteiger partial charge in [0.2, 0.25) is 5.78 Å². The zero-order valence-corrected chi connectivity index (χ0v) is 18.9. The van der Waals surface area contributed by atoms with Crippen molar-refractivity contribution in [1.29, 1.82) is 0 Å². The minimum absolute atomic E-state index is 0.0951. The molecule has 0 aliphatic heterocycles. The van der Waals surface area contributed by atoms with Gasteiger partial charge in [-0.15, -0.1) is 10.2 Å². The van der Waals surface area contributed by atoms with E-state index in [4.69, 9.17) is 4.74 Å². The lowest BCUT2D eigenvalue weighted by Crippen LogP contribution is -2.23. The van der Waals surface area contributed by atoms with E-state index < -0.39 is 0 Å². The molecule has 0 atom stereocenters. The highest BCUT2D eigenvalue weighted by Crippen LogP contribution is 2.28. The van der Waals surface area contributed by atoms with Gasteiger partial charge in [-0.25, -0.2) is 4.57 Å². The fourth-order valence-electron chi connectivity index (χ4n) is 4.04. The molecule has 2 aromatic heterocycles. The monoisotopic (exact) mass is 442 g/mol.